The number of fused-ring (bicyclic) bond motifs is 1. The first-order valence-corrected chi connectivity index (χ1v) is 11.5. The summed E-state index contributed by atoms with van der Waals surface area (Å²) in [6.07, 6.45) is 2.08. The number of H-pyrrole nitrogens is 1. The van der Waals surface area contributed by atoms with Crippen LogP contribution in [0, 0.1) is 12.8 Å². The number of nitrogens with zero attached hydrogens (tertiary/aromatic N) is 2. The molecule has 1 aliphatic rings. The molecule has 5 nitrogen and oxygen atoms in total. The van der Waals surface area contributed by atoms with Crippen LogP contribution < -0.4 is 15.4 Å². The number of rotatable bonds is 6. The molecule has 0 saturated carbocycles. The Hall–Kier alpha value is -2.18. The van der Waals surface area contributed by atoms with Crippen LogP contribution in [0.25, 0.3) is 10.2 Å². The highest BCUT2D eigenvalue weighted by Crippen LogP contribution is 2.29. The largest absolute Gasteiger partial charge is 0.360 e. The first kappa shape index (κ1) is 20.1. The normalized spacial score (nSPS) is 16.4. The van der Waals surface area contributed by atoms with Crippen LogP contribution in [0.5, 0.6) is 0 Å². The van der Waals surface area contributed by atoms with Crippen LogP contribution in [0.3, 0.4) is 0 Å². The lowest BCUT2D eigenvalue weighted by Gasteiger charge is -2.33. The summed E-state index contributed by atoms with van der Waals surface area (Å²) < 4.78 is 0. The molecule has 1 fully saturated rings. The van der Waals surface area contributed by atoms with Gasteiger partial charge in [-0.1, -0.05) is 38.5 Å². The molecule has 154 valence electrons. The van der Waals surface area contributed by atoms with Crippen molar-refractivity contribution in [3.05, 3.63) is 57.0 Å². The Balaban J connectivity index is 1.47. The maximum absolute atomic E-state index is 12.9. The Morgan fingerprint density at radius 2 is 1.97 bits per heavy atom. The first-order chi connectivity index (χ1) is 14.0. The van der Waals surface area contributed by atoms with Gasteiger partial charge in [0.2, 0.25) is 0 Å². The fourth-order valence-electron chi connectivity index (χ4n) is 4.18. The van der Waals surface area contributed by atoms with Gasteiger partial charge >= 0.3 is 0 Å². The number of quaternary nitrogens is 1. The molecule has 1 saturated heterocycles. The molecule has 4 rings (SSSR count). The van der Waals surface area contributed by atoms with Crippen LogP contribution in [0.15, 0.2) is 35.1 Å². The molecule has 3 heterocycles. The van der Waals surface area contributed by atoms with Gasteiger partial charge in [-0.3, -0.25) is 4.79 Å². The van der Waals surface area contributed by atoms with Gasteiger partial charge in [-0.05, 0) is 37.0 Å². The summed E-state index contributed by atoms with van der Waals surface area (Å²) in [5.74, 6) is 1.40. The summed E-state index contributed by atoms with van der Waals surface area (Å²) in [7, 11) is 0. The Morgan fingerprint density at radius 1 is 1.24 bits per heavy atom. The van der Waals surface area contributed by atoms with Crippen molar-refractivity contribution < 1.29 is 4.90 Å². The zero-order valence-corrected chi connectivity index (χ0v) is 18.4. The van der Waals surface area contributed by atoms with E-state index in [9.17, 15) is 4.79 Å². The number of hydrogen-bond donors (Lipinski definition) is 2. The minimum absolute atomic E-state index is 0.0370. The molecule has 1 atom stereocenters. The third-order valence-electron chi connectivity index (χ3n) is 6.17. The quantitative estimate of drug-likeness (QED) is 0.656. The Morgan fingerprint density at radius 3 is 2.66 bits per heavy atom. The Kier molecular flexibility index (Phi) is 6.01. The maximum atomic E-state index is 12.9. The van der Waals surface area contributed by atoms with Crippen LogP contribution in [0.4, 0.5) is 5.69 Å². The Labute approximate surface area is 176 Å². The fraction of sp³-hybridized carbons (Fsp3) is 0.478. The standard InChI is InChI=1S/C23H30N4OS/c1-4-16(2)14-19-17(3)29-23-21(19)22(28)24-20(25-23)15-26-10-12-27(13-11-26)18-8-6-5-7-9-18/h5-9,16H,4,10-15H2,1-3H3,(H,24,25,28)/p+1/t16-/m0/s1. The second kappa shape index (κ2) is 8.67. The van der Waals surface area contributed by atoms with Crippen LogP contribution in [0.1, 0.15) is 36.5 Å². The Bertz CT molecular complexity index is 1020. The lowest BCUT2D eigenvalue weighted by atomic mass is 9.98. The molecule has 6 heteroatoms. The van der Waals surface area contributed by atoms with E-state index in [1.165, 1.54) is 21.0 Å². The molecule has 1 aromatic carbocycles. The molecule has 0 spiro atoms. The predicted molar refractivity (Wildman–Crippen MR) is 121 cm³/mol. The van der Waals surface area contributed by atoms with Gasteiger partial charge in [0.15, 0.2) is 5.82 Å². The number of nitrogens with one attached hydrogen (secondary N) is 2. The molecular formula is C23H31N4OS+. The number of hydrogen-bond acceptors (Lipinski definition) is 4. The molecule has 2 aromatic heterocycles. The molecule has 2 N–H and O–H groups in total. The molecule has 1 aliphatic heterocycles. The number of anilines is 1. The van der Waals surface area contributed by atoms with Crippen molar-refractivity contribution in [2.45, 2.75) is 40.2 Å². The summed E-state index contributed by atoms with van der Waals surface area (Å²) in [4.78, 5) is 26.9. The minimum atomic E-state index is 0.0370. The molecular weight excluding hydrogens is 380 g/mol. The SMILES string of the molecule is CC[C@H](C)Cc1c(C)sc2nc(C[NH+]3CCN(c4ccccc4)CC3)[nH]c(=O)c12. The van der Waals surface area contributed by atoms with Gasteiger partial charge < -0.3 is 14.8 Å². The van der Waals surface area contributed by atoms with Crippen molar-refractivity contribution in [3.8, 4) is 0 Å². The number of aryl methyl sites for hydroxylation is 1. The average Bonchev–Trinajstić information content (AvgIpc) is 3.04. The minimum Gasteiger partial charge on any atom is -0.360 e. The van der Waals surface area contributed by atoms with Crippen LogP contribution in [0.2, 0.25) is 0 Å². The van der Waals surface area contributed by atoms with Gasteiger partial charge in [0.25, 0.3) is 5.56 Å². The monoisotopic (exact) mass is 411 g/mol. The van der Waals surface area contributed by atoms with Crippen molar-refractivity contribution in [1.82, 2.24) is 9.97 Å². The van der Waals surface area contributed by atoms with Gasteiger partial charge in [0, 0.05) is 10.6 Å². The van der Waals surface area contributed by atoms with E-state index < -0.39 is 0 Å². The van der Waals surface area contributed by atoms with Crippen LogP contribution >= 0.6 is 11.3 Å². The third-order valence-corrected chi connectivity index (χ3v) is 7.21. The summed E-state index contributed by atoms with van der Waals surface area (Å²) in [6.45, 7) is 11.5. The summed E-state index contributed by atoms with van der Waals surface area (Å²) >= 11 is 1.67. The van der Waals surface area contributed by atoms with Crippen LogP contribution in [-0.2, 0) is 13.0 Å². The van der Waals surface area contributed by atoms with Gasteiger partial charge in [-0.25, -0.2) is 4.98 Å². The molecule has 0 radical (unpaired) electrons. The first-order valence-electron chi connectivity index (χ1n) is 10.7. The highest BCUT2D eigenvalue weighted by atomic mass is 32.1. The number of piperazine rings is 1. The highest BCUT2D eigenvalue weighted by Gasteiger charge is 2.22. The van der Waals surface area contributed by atoms with E-state index in [1.807, 2.05) is 0 Å². The average molecular weight is 412 g/mol. The molecule has 0 aliphatic carbocycles. The number of benzene rings is 1. The maximum Gasteiger partial charge on any atom is 0.260 e. The summed E-state index contributed by atoms with van der Waals surface area (Å²) in [6, 6.07) is 10.6. The van der Waals surface area contributed by atoms with Gasteiger partial charge in [-0.2, -0.15) is 0 Å². The van der Waals surface area contributed by atoms with E-state index in [1.54, 1.807) is 11.3 Å². The molecule has 0 amide bonds. The third kappa shape index (κ3) is 4.38. The molecule has 0 bridgehead atoms. The zero-order chi connectivity index (χ0) is 20.4. The molecule has 29 heavy (non-hydrogen) atoms. The van der Waals surface area contributed by atoms with Crippen molar-refractivity contribution in [3.63, 3.8) is 0 Å². The fourth-order valence-corrected chi connectivity index (χ4v) is 5.25. The van der Waals surface area contributed by atoms with Crippen molar-refractivity contribution in [1.29, 1.82) is 0 Å². The van der Waals surface area contributed by atoms with Crippen molar-refractivity contribution >= 4 is 27.2 Å². The topological polar surface area (TPSA) is 53.4 Å². The van der Waals surface area contributed by atoms with Crippen molar-refractivity contribution in [2.75, 3.05) is 31.1 Å². The second-order valence-corrected chi connectivity index (χ2v) is 9.50. The zero-order valence-electron chi connectivity index (χ0n) is 17.6. The van der Waals surface area contributed by atoms with E-state index in [-0.39, 0.29) is 5.56 Å². The van der Waals surface area contributed by atoms with Gasteiger partial charge in [0.1, 0.15) is 11.4 Å². The van der Waals surface area contributed by atoms with Gasteiger partial charge in [0.05, 0.1) is 31.6 Å². The van der Waals surface area contributed by atoms with E-state index in [0.717, 1.165) is 61.6 Å². The predicted octanol–water partition coefficient (Wildman–Crippen LogP) is 2.79. The summed E-state index contributed by atoms with van der Waals surface area (Å²) in [5.41, 5.74) is 2.53. The van der Waals surface area contributed by atoms with E-state index >= 15 is 0 Å². The van der Waals surface area contributed by atoms with E-state index in [2.05, 4.69) is 61.0 Å². The summed E-state index contributed by atoms with van der Waals surface area (Å²) in [5, 5.41) is 0.820. The lowest BCUT2D eigenvalue weighted by molar-refractivity contribution is -0.915. The molecule has 0 unspecified atom stereocenters. The van der Waals surface area contributed by atoms with Crippen LogP contribution in [-0.4, -0.2) is 36.1 Å². The second-order valence-electron chi connectivity index (χ2n) is 8.30. The smallest absolute Gasteiger partial charge is 0.260 e. The number of thiophene rings is 1. The number of aromatic nitrogens is 2. The highest BCUT2D eigenvalue weighted by molar-refractivity contribution is 7.18. The number of aromatic amines is 1. The number of para-hydroxylation sites is 1. The van der Waals surface area contributed by atoms with Crippen molar-refractivity contribution in [2.24, 2.45) is 5.92 Å². The van der Waals surface area contributed by atoms with E-state index in [4.69, 9.17) is 4.98 Å². The lowest BCUT2D eigenvalue weighted by Crippen LogP contribution is -3.13. The molecule has 3 aromatic rings. The van der Waals surface area contributed by atoms with Gasteiger partial charge in [-0.15, -0.1) is 11.3 Å². The van der Waals surface area contributed by atoms with E-state index in [0.29, 0.717) is 5.92 Å².